The van der Waals surface area contributed by atoms with Crippen LogP contribution in [0.15, 0.2) is 4.99 Å². The fraction of sp³-hybridized carbons (Fsp3) is 0.950. The Balaban J connectivity index is 0.00000243. The van der Waals surface area contributed by atoms with Crippen molar-refractivity contribution in [2.24, 2.45) is 22.2 Å². The van der Waals surface area contributed by atoms with Gasteiger partial charge in [0.2, 0.25) is 0 Å². The van der Waals surface area contributed by atoms with E-state index >= 15 is 0 Å². The van der Waals surface area contributed by atoms with Crippen LogP contribution in [0.3, 0.4) is 0 Å². The molecule has 1 saturated heterocycles. The monoisotopic (exact) mass is 479 g/mol. The van der Waals surface area contributed by atoms with Crippen molar-refractivity contribution in [2.45, 2.75) is 78.0 Å². The third kappa shape index (κ3) is 4.32. The van der Waals surface area contributed by atoms with E-state index in [0.717, 1.165) is 38.7 Å². The molecule has 1 spiro atoms. The largest absolute Gasteiger partial charge is 0.378 e. The predicted octanol–water partition coefficient (Wildman–Crippen LogP) is 3.57. The third-order valence-corrected chi connectivity index (χ3v) is 6.48. The lowest BCUT2D eigenvalue weighted by Crippen LogP contribution is -2.72. The van der Waals surface area contributed by atoms with Crippen molar-refractivity contribution in [3.05, 3.63) is 0 Å². The first-order valence-corrected chi connectivity index (χ1v) is 10.4. The second-order valence-corrected chi connectivity index (χ2v) is 8.24. The van der Waals surface area contributed by atoms with E-state index < -0.39 is 0 Å². The number of rotatable bonds is 8. The summed E-state index contributed by atoms with van der Waals surface area (Å²) in [5, 5.41) is 7.21. The summed E-state index contributed by atoms with van der Waals surface area (Å²) in [6.45, 7) is 12.1. The number of guanidine groups is 1. The molecule has 0 aromatic rings. The summed E-state index contributed by atoms with van der Waals surface area (Å²) in [5.41, 5.74) is 0.392. The smallest absolute Gasteiger partial charge is 0.191 e. The quantitative estimate of drug-likeness (QED) is 0.318. The summed E-state index contributed by atoms with van der Waals surface area (Å²) in [6.07, 6.45) is 6.95. The van der Waals surface area contributed by atoms with E-state index in [9.17, 15) is 0 Å². The molecule has 2 saturated carbocycles. The number of hydrogen-bond acceptors (Lipinski definition) is 3. The minimum absolute atomic E-state index is 0. The van der Waals surface area contributed by atoms with Gasteiger partial charge in [-0.3, -0.25) is 4.99 Å². The number of nitrogens with zero attached hydrogens (tertiary/aromatic N) is 1. The average molecular weight is 479 g/mol. The number of aliphatic imine (C=N–C) groups is 1. The van der Waals surface area contributed by atoms with E-state index in [0.29, 0.717) is 35.5 Å². The highest BCUT2D eigenvalue weighted by atomic mass is 127. The van der Waals surface area contributed by atoms with Crippen molar-refractivity contribution in [1.29, 1.82) is 0 Å². The van der Waals surface area contributed by atoms with Gasteiger partial charge in [-0.25, -0.2) is 0 Å². The Morgan fingerprint density at radius 3 is 2.65 bits per heavy atom. The first kappa shape index (κ1) is 22.2. The van der Waals surface area contributed by atoms with Gasteiger partial charge in [0.1, 0.15) is 0 Å². The van der Waals surface area contributed by atoms with Crippen molar-refractivity contribution in [2.75, 3.05) is 26.3 Å². The zero-order valence-corrected chi connectivity index (χ0v) is 19.3. The van der Waals surface area contributed by atoms with Crippen molar-refractivity contribution in [1.82, 2.24) is 10.6 Å². The lowest BCUT2D eigenvalue weighted by atomic mass is 9.46. The maximum Gasteiger partial charge on any atom is 0.191 e. The number of ether oxygens (including phenoxy) is 2. The summed E-state index contributed by atoms with van der Waals surface area (Å²) in [6, 6.07) is 0.541. The van der Waals surface area contributed by atoms with Gasteiger partial charge in [0.25, 0.3) is 0 Å². The molecule has 6 heteroatoms. The Morgan fingerprint density at radius 1 is 1.31 bits per heavy atom. The molecule has 0 amide bonds. The van der Waals surface area contributed by atoms with E-state index in [1.807, 2.05) is 0 Å². The lowest BCUT2D eigenvalue weighted by Gasteiger charge is -2.63. The second-order valence-electron chi connectivity index (χ2n) is 8.24. The van der Waals surface area contributed by atoms with E-state index in [4.69, 9.17) is 14.5 Å². The normalized spacial score (nSPS) is 30.2. The number of halogens is 1. The van der Waals surface area contributed by atoms with Crippen LogP contribution in [-0.4, -0.2) is 50.5 Å². The molecule has 1 heterocycles. The molecule has 2 N–H and O–H groups in total. The van der Waals surface area contributed by atoms with Crippen LogP contribution in [0.25, 0.3) is 0 Å². The van der Waals surface area contributed by atoms with Gasteiger partial charge in [0.05, 0.1) is 12.2 Å². The summed E-state index contributed by atoms with van der Waals surface area (Å²) in [7, 11) is 0. The Morgan fingerprint density at radius 2 is 2.08 bits per heavy atom. The molecule has 5 nitrogen and oxygen atoms in total. The molecule has 3 rings (SSSR count). The summed E-state index contributed by atoms with van der Waals surface area (Å²) in [5.74, 6) is 2.19. The lowest BCUT2D eigenvalue weighted by molar-refractivity contribution is -0.171. The van der Waals surface area contributed by atoms with E-state index in [1.165, 1.54) is 25.7 Å². The molecule has 3 fully saturated rings. The van der Waals surface area contributed by atoms with Crippen molar-refractivity contribution in [3.8, 4) is 0 Å². The minimum Gasteiger partial charge on any atom is -0.378 e. The molecule has 26 heavy (non-hydrogen) atoms. The van der Waals surface area contributed by atoms with Gasteiger partial charge in [-0.1, -0.05) is 20.3 Å². The van der Waals surface area contributed by atoms with Crippen molar-refractivity contribution in [3.63, 3.8) is 0 Å². The van der Waals surface area contributed by atoms with Crippen molar-refractivity contribution >= 4 is 29.9 Å². The molecule has 0 aromatic heterocycles. The molecule has 4 unspecified atom stereocenters. The Hall–Kier alpha value is -0.0800. The maximum absolute atomic E-state index is 6.03. The predicted molar refractivity (Wildman–Crippen MR) is 117 cm³/mol. The Bertz CT molecular complexity index is 468. The zero-order chi connectivity index (χ0) is 17.9. The van der Waals surface area contributed by atoms with Gasteiger partial charge < -0.3 is 20.1 Å². The molecule has 4 atom stereocenters. The van der Waals surface area contributed by atoms with Gasteiger partial charge >= 0.3 is 0 Å². The Kier molecular flexibility index (Phi) is 8.47. The highest BCUT2D eigenvalue weighted by molar-refractivity contribution is 14.0. The highest BCUT2D eigenvalue weighted by Gasteiger charge is 2.66. The molecule has 0 radical (unpaired) electrons. The summed E-state index contributed by atoms with van der Waals surface area (Å²) >= 11 is 0. The molecular formula is C20H38IN3O2. The summed E-state index contributed by atoms with van der Waals surface area (Å²) < 4.78 is 11.9. The molecule has 152 valence electrons. The first-order valence-electron chi connectivity index (χ1n) is 10.4. The molecule has 3 aliphatic rings. The number of hydrogen-bond donors (Lipinski definition) is 2. The van der Waals surface area contributed by atoms with Crippen LogP contribution < -0.4 is 10.6 Å². The van der Waals surface area contributed by atoms with E-state index in [-0.39, 0.29) is 24.0 Å². The second kappa shape index (κ2) is 9.92. The number of fused-ring (bicyclic) bond motifs is 2. The van der Waals surface area contributed by atoms with Crippen LogP contribution >= 0.6 is 24.0 Å². The highest BCUT2D eigenvalue weighted by Crippen LogP contribution is 2.62. The van der Waals surface area contributed by atoms with Crippen LogP contribution in [0, 0.1) is 17.3 Å². The van der Waals surface area contributed by atoms with Gasteiger partial charge in [0.15, 0.2) is 5.96 Å². The Labute approximate surface area is 176 Å². The van der Waals surface area contributed by atoms with Crippen molar-refractivity contribution < 1.29 is 9.47 Å². The van der Waals surface area contributed by atoms with Crippen LogP contribution in [0.1, 0.15) is 59.8 Å². The van der Waals surface area contributed by atoms with Crippen LogP contribution in [-0.2, 0) is 9.47 Å². The standard InChI is InChI=1S/C20H37N3O2.HI/c1-5-21-19(22-12-8-16(14(3)4)24-6-2)23-17-15-9-13-25-18(15)20(17)10-7-11-20;/h14-18H,5-13H2,1-4H3,(H2,21,22,23);1H. The summed E-state index contributed by atoms with van der Waals surface area (Å²) in [4.78, 5) is 4.85. The van der Waals surface area contributed by atoms with Crippen LogP contribution in [0.5, 0.6) is 0 Å². The molecule has 2 aliphatic carbocycles. The maximum atomic E-state index is 6.03. The molecule has 0 bridgehead atoms. The SMILES string of the molecule is CCNC(=NCCC(OCC)C(C)C)NC1C2CCOC2C12CCC2.I. The van der Waals surface area contributed by atoms with Gasteiger partial charge in [-0.05, 0) is 45.4 Å². The molecule has 1 aliphatic heterocycles. The third-order valence-electron chi connectivity index (χ3n) is 6.48. The van der Waals surface area contributed by atoms with E-state index in [2.05, 4.69) is 38.3 Å². The first-order chi connectivity index (χ1) is 12.1. The number of nitrogens with one attached hydrogen (secondary N) is 2. The van der Waals surface area contributed by atoms with E-state index in [1.54, 1.807) is 0 Å². The average Bonchev–Trinajstić information content (AvgIpc) is 2.95. The van der Waals surface area contributed by atoms with Gasteiger partial charge in [-0.15, -0.1) is 24.0 Å². The van der Waals surface area contributed by atoms with Gasteiger partial charge in [-0.2, -0.15) is 0 Å². The zero-order valence-electron chi connectivity index (χ0n) is 16.9. The fourth-order valence-electron chi connectivity index (χ4n) is 5.05. The molecular weight excluding hydrogens is 441 g/mol. The topological polar surface area (TPSA) is 54.9 Å². The minimum atomic E-state index is 0. The van der Waals surface area contributed by atoms with Gasteiger partial charge in [0, 0.05) is 43.7 Å². The van der Waals surface area contributed by atoms with Crippen LogP contribution in [0.2, 0.25) is 0 Å². The van der Waals surface area contributed by atoms with Crippen LogP contribution in [0.4, 0.5) is 0 Å². The molecule has 0 aromatic carbocycles. The fourth-order valence-corrected chi connectivity index (χ4v) is 5.05.